The van der Waals surface area contributed by atoms with Gasteiger partial charge in [-0.15, -0.1) is 0 Å². The van der Waals surface area contributed by atoms with E-state index in [2.05, 4.69) is 15.6 Å². The molecule has 0 spiro atoms. The Morgan fingerprint density at radius 2 is 1.95 bits per heavy atom. The van der Waals surface area contributed by atoms with Crippen molar-refractivity contribution >= 4 is 29.0 Å². The number of halogens is 1. The Morgan fingerprint density at radius 1 is 1.20 bits per heavy atom. The summed E-state index contributed by atoms with van der Waals surface area (Å²) in [5.41, 5.74) is 3.98. The van der Waals surface area contributed by atoms with Gasteiger partial charge < -0.3 is 10.6 Å². The summed E-state index contributed by atoms with van der Waals surface area (Å²) < 4.78 is 0. The highest BCUT2D eigenvalue weighted by Gasteiger charge is 2.09. The number of carbonyl (C=O) groups excluding carboxylic acids is 1. The minimum Gasteiger partial charge on any atom is -0.308 e. The van der Waals surface area contributed by atoms with Gasteiger partial charge in [0.15, 0.2) is 0 Å². The minimum atomic E-state index is -0.319. The van der Waals surface area contributed by atoms with Crippen LogP contribution in [0.25, 0.3) is 0 Å². The maximum atomic E-state index is 11.9. The van der Waals surface area contributed by atoms with Crippen molar-refractivity contribution in [1.29, 1.82) is 0 Å². The summed E-state index contributed by atoms with van der Waals surface area (Å²) in [4.78, 5) is 16.1. The predicted molar refractivity (Wildman–Crippen MR) is 82.5 cm³/mol. The summed E-state index contributed by atoms with van der Waals surface area (Å²) in [7, 11) is 0. The lowest BCUT2D eigenvalue weighted by molar-refractivity contribution is 0.262. The maximum Gasteiger partial charge on any atom is 0.323 e. The van der Waals surface area contributed by atoms with Crippen molar-refractivity contribution in [2.24, 2.45) is 0 Å². The number of aryl methyl sites for hydroxylation is 2. The van der Waals surface area contributed by atoms with Gasteiger partial charge in [-0.25, -0.2) is 4.79 Å². The highest BCUT2D eigenvalue weighted by Crippen LogP contribution is 2.25. The lowest BCUT2D eigenvalue weighted by Crippen LogP contribution is -2.20. The van der Waals surface area contributed by atoms with Crippen LogP contribution in [0.1, 0.15) is 16.8 Å². The Kier molecular flexibility index (Phi) is 4.25. The molecule has 0 saturated heterocycles. The van der Waals surface area contributed by atoms with E-state index in [1.807, 2.05) is 45.0 Å². The fraction of sp³-hybridized carbons (Fsp3) is 0.200. The molecule has 1 aromatic carbocycles. The van der Waals surface area contributed by atoms with Crippen LogP contribution in [-0.2, 0) is 0 Å². The zero-order valence-corrected chi connectivity index (χ0v) is 12.4. The molecule has 2 amide bonds. The molecule has 0 fully saturated rings. The van der Waals surface area contributed by atoms with E-state index in [-0.39, 0.29) is 6.03 Å². The highest BCUT2D eigenvalue weighted by atomic mass is 35.5. The number of nitrogens with one attached hydrogen (secondary N) is 2. The number of aromatic nitrogens is 1. The number of hydrogen-bond acceptors (Lipinski definition) is 2. The van der Waals surface area contributed by atoms with Crippen molar-refractivity contribution in [3.8, 4) is 0 Å². The van der Waals surface area contributed by atoms with Crippen LogP contribution < -0.4 is 10.6 Å². The quantitative estimate of drug-likeness (QED) is 0.866. The van der Waals surface area contributed by atoms with Crippen molar-refractivity contribution in [3.63, 3.8) is 0 Å². The van der Waals surface area contributed by atoms with Gasteiger partial charge in [-0.05, 0) is 44.0 Å². The van der Waals surface area contributed by atoms with Gasteiger partial charge in [0.2, 0.25) is 0 Å². The van der Waals surface area contributed by atoms with Gasteiger partial charge in [-0.1, -0.05) is 23.7 Å². The fourth-order valence-electron chi connectivity index (χ4n) is 1.84. The van der Waals surface area contributed by atoms with Gasteiger partial charge in [0.25, 0.3) is 0 Å². The molecule has 0 bridgehead atoms. The molecule has 1 aromatic heterocycles. The summed E-state index contributed by atoms with van der Waals surface area (Å²) in [5, 5.41) is 6.09. The van der Waals surface area contributed by atoms with Crippen molar-refractivity contribution in [2.75, 3.05) is 10.6 Å². The van der Waals surface area contributed by atoms with E-state index in [1.165, 1.54) is 0 Å². The third-order valence-corrected chi connectivity index (χ3v) is 3.52. The minimum absolute atomic E-state index is 0.319. The summed E-state index contributed by atoms with van der Waals surface area (Å²) in [5.74, 6) is 0. The Labute approximate surface area is 123 Å². The highest BCUT2D eigenvalue weighted by molar-refractivity contribution is 6.32. The number of anilines is 2. The first-order valence-electron chi connectivity index (χ1n) is 6.23. The fourth-order valence-corrected chi connectivity index (χ4v) is 1.99. The van der Waals surface area contributed by atoms with Gasteiger partial charge in [-0.2, -0.15) is 0 Å². The molecule has 2 N–H and O–H groups in total. The number of nitrogens with zero attached hydrogens (tertiary/aromatic N) is 1. The molecular formula is C15H16ClN3O. The van der Waals surface area contributed by atoms with Crippen LogP contribution in [0.2, 0.25) is 5.02 Å². The number of hydrogen-bond donors (Lipinski definition) is 2. The number of pyridine rings is 1. The van der Waals surface area contributed by atoms with E-state index in [9.17, 15) is 4.79 Å². The molecule has 2 aromatic rings. The van der Waals surface area contributed by atoms with Gasteiger partial charge in [0, 0.05) is 5.69 Å². The smallest absolute Gasteiger partial charge is 0.308 e. The second-order valence-electron chi connectivity index (χ2n) is 4.64. The largest absolute Gasteiger partial charge is 0.323 e. The molecule has 0 aliphatic rings. The van der Waals surface area contributed by atoms with Crippen LogP contribution in [0.15, 0.2) is 30.5 Å². The van der Waals surface area contributed by atoms with Crippen LogP contribution >= 0.6 is 11.6 Å². The molecule has 1 heterocycles. The van der Waals surface area contributed by atoms with Crippen LogP contribution in [0.3, 0.4) is 0 Å². The van der Waals surface area contributed by atoms with Crippen LogP contribution in [0.5, 0.6) is 0 Å². The SMILES string of the molecule is Cc1cccc(NC(=O)Nc2cnc(C)c(Cl)c2C)c1. The van der Waals surface area contributed by atoms with E-state index in [1.54, 1.807) is 6.20 Å². The summed E-state index contributed by atoms with van der Waals surface area (Å²) in [6.07, 6.45) is 1.60. The first-order chi connectivity index (χ1) is 9.47. The monoisotopic (exact) mass is 289 g/mol. The molecule has 4 nitrogen and oxygen atoms in total. The number of amides is 2. The van der Waals surface area contributed by atoms with Crippen LogP contribution in [0.4, 0.5) is 16.2 Å². The lowest BCUT2D eigenvalue weighted by atomic mass is 10.2. The first-order valence-corrected chi connectivity index (χ1v) is 6.61. The van der Waals surface area contributed by atoms with E-state index in [4.69, 9.17) is 11.6 Å². The third-order valence-electron chi connectivity index (χ3n) is 2.96. The number of rotatable bonds is 2. The Hall–Kier alpha value is -2.07. The number of benzene rings is 1. The zero-order chi connectivity index (χ0) is 14.7. The van der Waals surface area contributed by atoms with E-state index >= 15 is 0 Å². The van der Waals surface area contributed by atoms with Crippen molar-refractivity contribution in [3.05, 3.63) is 52.3 Å². The molecule has 0 aliphatic carbocycles. The van der Waals surface area contributed by atoms with E-state index < -0.39 is 0 Å². The van der Waals surface area contributed by atoms with Crippen molar-refractivity contribution in [2.45, 2.75) is 20.8 Å². The lowest BCUT2D eigenvalue weighted by Gasteiger charge is -2.11. The predicted octanol–water partition coefficient (Wildman–Crippen LogP) is 4.30. The Bertz CT molecular complexity index is 656. The van der Waals surface area contributed by atoms with E-state index in [0.717, 1.165) is 22.5 Å². The molecular weight excluding hydrogens is 274 g/mol. The third kappa shape index (κ3) is 3.27. The summed E-state index contributed by atoms with van der Waals surface area (Å²) in [6, 6.07) is 7.27. The second-order valence-corrected chi connectivity index (χ2v) is 5.02. The molecule has 0 atom stereocenters. The van der Waals surface area contributed by atoms with Crippen LogP contribution in [-0.4, -0.2) is 11.0 Å². The molecule has 5 heteroatoms. The van der Waals surface area contributed by atoms with E-state index in [0.29, 0.717) is 10.7 Å². The molecule has 0 radical (unpaired) electrons. The van der Waals surface area contributed by atoms with Gasteiger partial charge in [-0.3, -0.25) is 4.98 Å². The molecule has 104 valence electrons. The standard InChI is InChI=1S/C15H16ClN3O/c1-9-5-4-6-12(7-9)18-15(20)19-13-8-17-11(3)14(16)10(13)2/h4-8H,1-3H3,(H2,18,19,20). The second kappa shape index (κ2) is 5.92. The van der Waals surface area contributed by atoms with Gasteiger partial charge in [0.05, 0.1) is 22.6 Å². The topological polar surface area (TPSA) is 54.0 Å². The van der Waals surface area contributed by atoms with Gasteiger partial charge in [0.1, 0.15) is 0 Å². The molecule has 0 unspecified atom stereocenters. The van der Waals surface area contributed by atoms with Gasteiger partial charge >= 0.3 is 6.03 Å². The zero-order valence-electron chi connectivity index (χ0n) is 11.6. The first kappa shape index (κ1) is 14.3. The molecule has 20 heavy (non-hydrogen) atoms. The Morgan fingerprint density at radius 3 is 2.65 bits per heavy atom. The van der Waals surface area contributed by atoms with Crippen molar-refractivity contribution < 1.29 is 4.79 Å². The molecule has 0 saturated carbocycles. The van der Waals surface area contributed by atoms with Crippen molar-refractivity contribution in [1.82, 2.24) is 4.98 Å². The molecule has 2 rings (SSSR count). The van der Waals surface area contributed by atoms with Crippen LogP contribution in [0, 0.1) is 20.8 Å². The normalized spacial score (nSPS) is 10.2. The average molecular weight is 290 g/mol. The molecule has 0 aliphatic heterocycles. The summed E-state index contributed by atoms with van der Waals surface area (Å²) in [6.45, 7) is 5.64. The Balaban J connectivity index is 2.11. The number of urea groups is 1. The maximum absolute atomic E-state index is 11.9. The number of carbonyl (C=O) groups is 1. The average Bonchev–Trinajstić information content (AvgIpc) is 2.39. The summed E-state index contributed by atoms with van der Waals surface area (Å²) >= 11 is 6.11.